The van der Waals surface area contributed by atoms with Crippen molar-refractivity contribution < 1.29 is 19.4 Å². The molecule has 0 aromatic heterocycles. The Morgan fingerprint density at radius 1 is 1.43 bits per heavy atom. The summed E-state index contributed by atoms with van der Waals surface area (Å²) in [6, 6.07) is 3.97. The van der Waals surface area contributed by atoms with Gasteiger partial charge in [0.25, 0.3) is 5.91 Å². The maximum Gasteiger partial charge on any atom is 0.256 e. The number of amides is 1. The number of aliphatic hydroxyl groups is 2. The van der Waals surface area contributed by atoms with E-state index in [0.717, 1.165) is 0 Å². The van der Waals surface area contributed by atoms with E-state index >= 15 is 0 Å². The highest BCUT2D eigenvalue weighted by Crippen LogP contribution is 2.15. The highest BCUT2D eigenvalue weighted by atomic mass is 19.1. The molecule has 0 fully saturated rings. The van der Waals surface area contributed by atoms with Crippen molar-refractivity contribution >= 4 is 5.91 Å². The Bertz CT molecular complexity index is 567. The number of hydrogen-bond donors (Lipinski definition) is 2. The summed E-state index contributed by atoms with van der Waals surface area (Å²) in [4.78, 5) is 13.8. The second kappa shape index (κ2) is 7.21. The summed E-state index contributed by atoms with van der Waals surface area (Å²) in [5, 5.41) is 18.5. The second-order valence-corrected chi connectivity index (χ2v) is 5.29. The van der Waals surface area contributed by atoms with Crippen molar-refractivity contribution in [3.05, 3.63) is 35.1 Å². The average molecular weight is 293 g/mol. The molecule has 0 radical (unpaired) electrons. The van der Waals surface area contributed by atoms with Gasteiger partial charge >= 0.3 is 0 Å². The number of benzene rings is 1. The first-order valence-corrected chi connectivity index (χ1v) is 6.69. The van der Waals surface area contributed by atoms with Crippen LogP contribution in [0.5, 0.6) is 0 Å². The minimum atomic E-state index is -1.06. The number of aliphatic hydroxyl groups excluding tert-OH is 1. The SMILES string of the molecule is CCN(CC(C)(C)O)C(=O)c1cc(C#CCO)ccc1F. The molecular weight excluding hydrogens is 273 g/mol. The molecule has 0 saturated carbocycles. The number of likely N-dealkylation sites (N-methyl/N-ethyl adjacent to an activating group) is 1. The lowest BCUT2D eigenvalue weighted by atomic mass is 10.1. The highest BCUT2D eigenvalue weighted by Gasteiger charge is 2.24. The van der Waals surface area contributed by atoms with Crippen molar-refractivity contribution in [3.63, 3.8) is 0 Å². The Kier molecular flexibility index (Phi) is 5.89. The molecule has 21 heavy (non-hydrogen) atoms. The molecule has 1 aromatic carbocycles. The summed E-state index contributed by atoms with van der Waals surface area (Å²) >= 11 is 0. The van der Waals surface area contributed by atoms with Crippen LogP contribution in [0, 0.1) is 17.7 Å². The van der Waals surface area contributed by atoms with Gasteiger partial charge < -0.3 is 15.1 Å². The lowest BCUT2D eigenvalue weighted by molar-refractivity contribution is 0.0312. The Labute approximate surface area is 124 Å². The Morgan fingerprint density at radius 2 is 2.10 bits per heavy atom. The molecule has 1 rings (SSSR count). The second-order valence-electron chi connectivity index (χ2n) is 5.29. The normalized spacial score (nSPS) is 10.8. The highest BCUT2D eigenvalue weighted by molar-refractivity contribution is 5.95. The number of carbonyl (C=O) groups is 1. The predicted molar refractivity (Wildman–Crippen MR) is 78.2 cm³/mol. The minimum absolute atomic E-state index is 0.0918. The van der Waals surface area contributed by atoms with Crippen molar-refractivity contribution in [2.24, 2.45) is 0 Å². The van der Waals surface area contributed by atoms with E-state index in [1.807, 2.05) is 0 Å². The third kappa shape index (κ3) is 5.18. The van der Waals surface area contributed by atoms with E-state index in [4.69, 9.17) is 5.11 Å². The molecule has 0 aliphatic heterocycles. The van der Waals surface area contributed by atoms with Crippen molar-refractivity contribution in [2.75, 3.05) is 19.7 Å². The van der Waals surface area contributed by atoms with E-state index in [0.29, 0.717) is 12.1 Å². The maximum atomic E-state index is 13.9. The van der Waals surface area contributed by atoms with Crippen LogP contribution in [0.25, 0.3) is 0 Å². The predicted octanol–water partition coefficient (Wildman–Crippen LogP) is 1.40. The van der Waals surface area contributed by atoms with E-state index in [-0.39, 0.29) is 18.7 Å². The van der Waals surface area contributed by atoms with E-state index < -0.39 is 17.3 Å². The fourth-order valence-corrected chi connectivity index (χ4v) is 1.87. The Morgan fingerprint density at radius 3 is 2.62 bits per heavy atom. The molecule has 0 bridgehead atoms. The molecule has 1 aromatic rings. The van der Waals surface area contributed by atoms with Gasteiger partial charge in [-0.3, -0.25) is 4.79 Å². The molecule has 0 spiro atoms. The summed E-state index contributed by atoms with van der Waals surface area (Å²) < 4.78 is 13.9. The van der Waals surface area contributed by atoms with Gasteiger partial charge in [0.1, 0.15) is 12.4 Å². The molecule has 0 saturated heterocycles. The third-order valence-corrected chi connectivity index (χ3v) is 2.76. The van der Waals surface area contributed by atoms with Crippen LogP contribution < -0.4 is 0 Å². The first kappa shape index (κ1) is 17.2. The van der Waals surface area contributed by atoms with Gasteiger partial charge in [-0.2, -0.15) is 0 Å². The lowest BCUT2D eigenvalue weighted by Gasteiger charge is -2.28. The number of rotatable bonds is 4. The Hall–Kier alpha value is -1.90. The fraction of sp³-hybridized carbons (Fsp3) is 0.438. The first-order chi connectivity index (χ1) is 9.78. The summed E-state index contributed by atoms with van der Waals surface area (Å²) in [6.45, 7) is 5.09. The molecule has 0 aliphatic rings. The third-order valence-electron chi connectivity index (χ3n) is 2.76. The van der Waals surface area contributed by atoms with Gasteiger partial charge in [-0.25, -0.2) is 4.39 Å². The van der Waals surface area contributed by atoms with Gasteiger partial charge in [0, 0.05) is 18.7 Å². The first-order valence-electron chi connectivity index (χ1n) is 6.69. The van der Waals surface area contributed by atoms with E-state index in [1.54, 1.807) is 20.8 Å². The van der Waals surface area contributed by atoms with Crippen LogP contribution in [0.15, 0.2) is 18.2 Å². The number of hydrogen-bond acceptors (Lipinski definition) is 3. The topological polar surface area (TPSA) is 60.8 Å². The molecule has 0 unspecified atom stereocenters. The molecule has 0 aliphatic carbocycles. The van der Waals surface area contributed by atoms with Gasteiger partial charge in [0.2, 0.25) is 0 Å². The molecule has 114 valence electrons. The summed E-state index contributed by atoms with van der Waals surface area (Å²) in [5.41, 5.74) is -0.699. The standard InChI is InChI=1S/C16H20FNO3/c1-4-18(11-16(2,3)21)15(20)13-10-12(6-5-9-19)7-8-14(13)17/h7-8,10,19,21H,4,9,11H2,1-3H3. The zero-order chi connectivity index (χ0) is 16.0. The van der Waals surface area contributed by atoms with Crippen LogP contribution in [0.2, 0.25) is 0 Å². The van der Waals surface area contributed by atoms with Crippen LogP contribution in [0.1, 0.15) is 36.7 Å². The zero-order valence-electron chi connectivity index (χ0n) is 12.5. The molecule has 0 atom stereocenters. The Balaban J connectivity index is 3.09. The maximum absolute atomic E-state index is 13.9. The molecule has 1 amide bonds. The largest absolute Gasteiger partial charge is 0.389 e. The number of nitrogens with zero attached hydrogens (tertiary/aromatic N) is 1. The summed E-state index contributed by atoms with van der Waals surface area (Å²) in [6.07, 6.45) is 0. The molecule has 2 N–H and O–H groups in total. The summed E-state index contributed by atoms with van der Waals surface area (Å²) in [7, 11) is 0. The van der Waals surface area contributed by atoms with Crippen LogP contribution >= 0.6 is 0 Å². The van der Waals surface area contributed by atoms with Gasteiger partial charge in [-0.1, -0.05) is 11.8 Å². The zero-order valence-corrected chi connectivity index (χ0v) is 12.5. The van der Waals surface area contributed by atoms with E-state index in [2.05, 4.69) is 11.8 Å². The van der Waals surface area contributed by atoms with Gasteiger partial charge in [-0.05, 0) is 39.0 Å². The molecular formula is C16H20FNO3. The lowest BCUT2D eigenvalue weighted by Crippen LogP contribution is -2.42. The van der Waals surface area contributed by atoms with Crippen molar-refractivity contribution in [3.8, 4) is 11.8 Å². The van der Waals surface area contributed by atoms with E-state index in [1.165, 1.54) is 23.1 Å². The number of carbonyl (C=O) groups excluding carboxylic acids is 1. The van der Waals surface area contributed by atoms with Crippen LogP contribution in [0.3, 0.4) is 0 Å². The van der Waals surface area contributed by atoms with Crippen molar-refractivity contribution in [2.45, 2.75) is 26.4 Å². The average Bonchev–Trinajstić information content (AvgIpc) is 2.42. The smallest absolute Gasteiger partial charge is 0.256 e. The van der Waals surface area contributed by atoms with E-state index in [9.17, 15) is 14.3 Å². The van der Waals surface area contributed by atoms with Gasteiger partial charge in [0.15, 0.2) is 0 Å². The van der Waals surface area contributed by atoms with Crippen LogP contribution in [-0.4, -0.2) is 46.3 Å². The molecule has 4 nitrogen and oxygen atoms in total. The van der Waals surface area contributed by atoms with Crippen molar-refractivity contribution in [1.82, 2.24) is 4.90 Å². The monoisotopic (exact) mass is 293 g/mol. The van der Waals surface area contributed by atoms with Gasteiger partial charge in [-0.15, -0.1) is 0 Å². The molecule has 0 heterocycles. The van der Waals surface area contributed by atoms with Gasteiger partial charge in [0.05, 0.1) is 11.2 Å². The van der Waals surface area contributed by atoms with Crippen molar-refractivity contribution in [1.29, 1.82) is 0 Å². The fourth-order valence-electron chi connectivity index (χ4n) is 1.87. The minimum Gasteiger partial charge on any atom is -0.389 e. The van der Waals surface area contributed by atoms with Crippen LogP contribution in [-0.2, 0) is 0 Å². The quantitative estimate of drug-likeness (QED) is 0.825. The van der Waals surface area contributed by atoms with Crippen LogP contribution in [0.4, 0.5) is 4.39 Å². The molecule has 5 heteroatoms. The number of halogens is 1. The summed E-state index contributed by atoms with van der Waals surface area (Å²) in [5.74, 6) is 3.95.